The molecule has 0 aromatic heterocycles. The summed E-state index contributed by atoms with van der Waals surface area (Å²) in [5.74, 6) is -0.437. The number of amides is 2. The molecule has 4 heteroatoms. The first-order valence-corrected chi connectivity index (χ1v) is 6.70. The molecule has 20 heavy (non-hydrogen) atoms. The first kappa shape index (κ1) is 12.7. The summed E-state index contributed by atoms with van der Waals surface area (Å²) in [6.07, 6.45) is 7.47. The van der Waals surface area contributed by atoms with Crippen molar-refractivity contribution in [3.05, 3.63) is 59.4 Å². The molecule has 0 spiro atoms. The third-order valence-corrected chi connectivity index (χ3v) is 3.46. The van der Waals surface area contributed by atoms with E-state index in [9.17, 15) is 9.59 Å². The second-order valence-electron chi connectivity index (χ2n) is 4.84. The Bertz CT molecular complexity index is 581. The Morgan fingerprint density at radius 1 is 1.15 bits per heavy atom. The first-order valence-electron chi connectivity index (χ1n) is 6.70. The summed E-state index contributed by atoms with van der Waals surface area (Å²) in [7, 11) is 0. The van der Waals surface area contributed by atoms with Gasteiger partial charge in [0.15, 0.2) is 0 Å². The van der Waals surface area contributed by atoms with Crippen LogP contribution in [0, 0.1) is 0 Å². The fourth-order valence-electron chi connectivity index (χ4n) is 2.42. The van der Waals surface area contributed by atoms with E-state index in [0.717, 1.165) is 25.0 Å². The van der Waals surface area contributed by atoms with Crippen LogP contribution in [0.3, 0.4) is 0 Å². The molecule has 0 unspecified atom stereocenters. The van der Waals surface area contributed by atoms with Gasteiger partial charge in [-0.25, -0.2) is 0 Å². The third kappa shape index (κ3) is 2.25. The van der Waals surface area contributed by atoms with Crippen LogP contribution in [-0.4, -0.2) is 29.9 Å². The van der Waals surface area contributed by atoms with Gasteiger partial charge in [-0.15, -0.1) is 0 Å². The normalized spacial score (nSPS) is 18.2. The Kier molecular flexibility index (Phi) is 3.37. The standard InChI is InChI=1S/C16H15NO3/c18-15-13-7-1-2-8-14(13)16(19)17(15)9-3-5-12-6-4-10-20-11-12/h1-3,5,7-8,11H,4,6,9-10H2/b5-3+. The number of fused-ring (bicyclic) bond motifs is 1. The number of nitrogens with zero attached hydrogens (tertiary/aromatic N) is 1. The molecule has 2 amide bonds. The molecular formula is C16H15NO3. The van der Waals surface area contributed by atoms with Crippen LogP contribution in [0.15, 0.2) is 48.3 Å². The zero-order valence-corrected chi connectivity index (χ0v) is 11.0. The Morgan fingerprint density at radius 2 is 1.85 bits per heavy atom. The molecule has 0 fully saturated rings. The molecule has 1 aromatic rings. The summed E-state index contributed by atoms with van der Waals surface area (Å²) >= 11 is 0. The van der Waals surface area contributed by atoms with Crippen LogP contribution < -0.4 is 0 Å². The lowest BCUT2D eigenvalue weighted by Gasteiger charge is -2.12. The maximum absolute atomic E-state index is 12.1. The van der Waals surface area contributed by atoms with Crippen molar-refractivity contribution in [3.63, 3.8) is 0 Å². The zero-order valence-electron chi connectivity index (χ0n) is 11.0. The quantitative estimate of drug-likeness (QED) is 0.792. The summed E-state index contributed by atoms with van der Waals surface area (Å²) in [6, 6.07) is 6.93. The van der Waals surface area contributed by atoms with Gasteiger partial charge in [-0.2, -0.15) is 0 Å². The molecule has 0 radical (unpaired) electrons. The lowest BCUT2D eigenvalue weighted by atomic mass is 10.1. The van der Waals surface area contributed by atoms with Crippen molar-refractivity contribution < 1.29 is 14.3 Å². The minimum atomic E-state index is -0.218. The van der Waals surface area contributed by atoms with E-state index in [1.807, 2.05) is 12.2 Å². The number of carbonyl (C=O) groups excluding carboxylic acids is 2. The van der Waals surface area contributed by atoms with Crippen LogP contribution in [0.25, 0.3) is 0 Å². The second kappa shape index (κ2) is 5.33. The van der Waals surface area contributed by atoms with Gasteiger partial charge in [0.25, 0.3) is 11.8 Å². The van der Waals surface area contributed by atoms with Crippen molar-refractivity contribution in [1.82, 2.24) is 4.90 Å². The Hall–Kier alpha value is -2.36. The molecule has 2 heterocycles. The van der Waals surface area contributed by atoms with Gasteiger partial charge < -0.3 is 4.74 Å². The second-order valence-corrected chi connectivity index (χ2v) is 4.84. The molecule has 0 aliphatic carbocycles. The van der Waals surface area contributed by atoms with E-state index in [1.54, 1.807) is 30.5 Å². The average Bonchev–Trinajstić information content (AvgIpc) is 2.74. The SMILES string of the molecule is O=C1c2ccccc2C(=O)N1C/C=C/C1=COCCC1. The molecule has 0 bridgehead atoms. The number of ether oxygens (including phenoxy) is 1. The van der Waals surface area contributed by atoms with E-state index in [2.05, 4.69) is 0 Å². The van der Waals surface area contributed by atoms with E-state index >= 15 is 0 Å². The largest absolute Gasteiger partial charge is 0.501 e. The van der Waals surface area contributed by atoms with Crippen molar-refractivity contribution in [2.24, 2.45) is 0 Å². The average molecular weight is 269 g/mol. The molecule has 2 aliphatic rings. The van der Waals surface area contributed by atoms with E-state index in [4.69, 9.17) is 4.74 Å². The molecule has 4 nitrogen and oxygen atoms in total. The van der Waals surface area contributed by atoms with Gasteiger partial charge in [0.2, 0.25) is 0 Å². The third-order valence-electron chi connectivity index (χ3n) is 3.46. The minimum Gasteiger partial charge on any atom is -0.501 e. The minimum absolute atomic E-state index is 0.218. The predicted molar refractivity (Wildman–Crippen MR) is 74.2 cm³/mol. The van der Waals surface area contributed by atoms with E-state index in [0.29, 0.717) is 17.7 Å². The van der Waals surface area contributed by atoms with Crippen molar-refractivity contribution >= 4 is 11.8 Å². The smallest absolute Gasteiger partial charge is 0.261 e. The number of carbonyl (C=O) groups is 2. The molecule has 0 saturated heterocycles. The fourth-order valence-corrected chi connectivity index (χ4v) is 2.42. The monoisotopic (exact) mass is 269 g/mol. The summed E-state index contributed by atoms with van der Waals surface area (Å²) < 4.78 is 5.24. The number of hydrogen-bond acceptors (Lipinski definition) is 3. The highest BCUT2D eigenvalue weighted by atomic mass is 16.5. The van der Waals surface area contributed by atoms with Gasteiger partial charge in [0.1, 0.15) is 0 Å². The molecule has 2 aliphatic heterocycles. The van der Waals surface area contributed by atoms with Gasteiger partial charge in [0, 0.05) is 6.54 Å². The number of hydrogen-bond donors (Lipinski definition) is 0. The van der Waals surface area contributed by atoms with Crippen LogP contribution in [0.2, 0.25) is 0 Å². The number of imide groups is 1. The fraction of sp³-hybridized carbons (Fsp3) is 0.250. The highest BCUT2D eigenvalue weighted by Crippen LogP contribution is 2.22. The molecule has 3 rings (SSSR count). The number of benzene rings is 1. The summed E-state index contributed by atoms with van der Waals surface area (Å²) in [4.78, 5) is 25.5. The topological polar surface area (TPSA) is 46.6 Å². The van der Waals surface area contributed by atoms with Crippen molar-refractivity contribution in [1.29, 1.82) is 0 Å². The molecule has 0 atom stereocenters. The van der Waals surface area contributed by atoms with Crippen molar-refractivity contribution in [2.45, 2.75) is 12.8 Å². The van der Waals surface area contributed by atoms with Gasteiger partial charge in [-0.05, 0) is 30.5 Å². The van der Waals surface area contributed by atoms with Gasteiger partial charge in [0.05, 0.1) is 24.0 Å². The highest BCUT2D eigenvalue weighted by molar-refractivity contribution is 6.21. The van der Waals surface area contributed by atoms with Crippen LogP contribution in [-0.2, 0) is 4.74 Å². The Labute approximate surface area is 117 Å². The van der Waals surface area contributed by atoms with Crippen molar-refractivity contribution in [2.75, 3.05) is 13.2 Å². The first-order chi connectivity index (χ1) is 9.77. The molecule has 0 saturated carbocycles. The molecular weight excluding hydrogens is 254 g/mol. The van der Waals surface area contributed by atoms with Gasteiger partial charge in [-0.3, -0.25) is 14.5 Å². The summed E-state index contributed by atoms with van der Waals surface area (Å²) in [5, 5.41) is 0. The van der Waals surface area contributed by atoms with Crippen LogP contribution in [0.1, 0.15) is 33.6 Å². The van der Waals surface area contributed by atoms with Gasteiger partial charge in [-0.1, -0.05) is 24.3 Å². The van der Waals surface area contributed by atoms with Crippen LogP contribution in [0.4, 0.5) is 0 Å². The maximum Gasteiger partial charge on any atom is 0.261 e. The van der Waals surface area contributed by atoms with Crippen molar-refractivity contribution in [3.8, 4) is 0 Å². The lowest BCUT2D eigenvalue weighted by molar-refractivity contribution is 0.0672. The Morgan fingerprint density at radius 3 is 2.45 bits per heavy atom. The molecule has 1 aromatic carbocycles. The van der Waals surface area contributed by atoms with Crippen LogP contribution >= 0.6 is 0 Å². The highest BCUT2D eigenvalue weighted by Gasteiger charge is 2.34. The maximum atomic E-state index is 12.1. The summed E-state index contributed by atoms with van der Waals surface area (Å²) in [5.41, 5.74) is 2.07. The number of allylic oxidation sites excluding steroid dienone is 2. The summed E-state index contributed by atoms with van der Waals surface area (Å²) in [6.45, 7) is 1.05. The molecule has 102 valence electrons. The molecule has 0 N–H and O–H groups in total. The number of rotatable bonds is 3. The zero-order chi connectivity index (χ0) is 13.9. The lowest BCUT2D eigenvalue weighted by Crippen LogP contribution is -2.29. The van der Waals surface area contributed by atoms with E-state index in [1.165, 1.54) is 4.90 Å². The van der Waals surface area contributed by atoms with Gasteiger partial charge >= 0.3 is 0 Å². The van der Waals surface area contributed by atoms with Crippen LogP contribution in [0.5, 0.6) is 0 Å². The van der Waals surface area contributed by atoms with E-state index < -0.39 is 0 Å². The van der Waals surface area contributed by atoms with E-state index in [-0.39, 0.29) is 11.8 Å². The Balaban J connectivity index is 1.70. The predicted octanol–water partition coefficient (Wildman–Crippen LogP) is 2.53.